The van der Waals surface area contributed by atoms with E-state index in [0.717, 1.165) is 19.3 Å². The molecular formula is C16H18FNO2. The highest BCUT2D eigenvalue weighted by atomic mass is 19.1. The number of benzene rings is 1. The van der Waals surface area contributed by atoms with E-state index >= 15 is 0 Å². The molecule has 2 aliphatic rings. The number of fused-ring (bicyclic) bond motifs is 2. The standard InChI is InChI=1S/C16H18FNO2/c17-13-6-1-2-7-14(13)18-16(20)12-8-10-4-3-5-11(9-12)15(10)19/h1-2,6-7,10-12H,3-5,8-9H2,(H,18,20)/t10-,11-/m1/s1. The smallest absolute Gasteiger partial charge is 0.227 e. The molecule has 0 aromatic heterocycles. The number of amides is 1. The Hall–Kier alpha value is -1.71. The van der Waals surface area contributed by atoms with Crippen LogP contribution >= 0.6 is 0 Å². The zero-order chi connectivity index (χ0) is 14.1. The minimum atomic E-state index is -0.423. The van der Waals surface area contributed by atoms with E-state index in [-0.39, 0.29) is 29.3 Å². The predicted molar refractivity (Wildman–Crippen MR) is 73.6 cm³/mol. The molecular weight excluding hydrogens is 257 g/mol. The first-order valence-electron chi connectivity index (χ1n) is 7.24. The lowest BCUT2D eigenvalue weighted by atomic mass is 9.67. The van der Waals surface area contributed by atoms with Gasteiger partial charge in [-0.2, -0.15) is 0 Å². The fourth-order valence-electron chi connectivity index (χ4n) is 3.49. The first kappa shape index (κ1) is 13.3. The maximum Gasteiger partial charge on any atom is 0.227 e. The third kappa shape index (κ3) is 2.47. The number of halogens is 1. The molecule has 0 radical (unpaired) electrons. The van der Waals surface area contributed by atoms with Crippen molar-refractivity contribution in [3.63, 3.8) is 0 Å². The number of hydrogen-bond donors (Lipinski definition) is 1. The molecule has 0 spiro atoms. The van der Waals surface area contributed by atoms with E-state index < -0.39 is 5.82 Å². The Morgan fingerprint density at radius 2 is 1.80 bits per heavy atom. The van der Waals surface area contributed by atoms with Crippen molar-refractivity contribution in [1.29, 1.82) is 0 Å². The number of nitrogens with one attached hydrogen (secondary N) is 1. The third-order valence-corrected chi connectivity index (χ3v) is 4.55. The zero-order valence-electron chi connectivity index (χ0n) is 11.3. The Bertz CT molecular complexity index is 527. The van der Waals surface area contributed by atoms with E-state index in [2.05, 4.69) is 5.32 Å². The van der Waals surface area contributed by atoms with Crippen LogP contribution in [0.4, 0.5) is 10.1 Å². The maximum atomic E-state index is 13.5. The van der Waals surface area contributed by atoms with Gasteiger partial charge in [-0.3, -0.25) is 9.59 Å². The number of carbonyl (C=O) groups excluding carboxylic acids is 2. The molecule has 0 unspecified atom stereocenters. The molecule has 1 aromatic carbocycles. The van der Waals surface area contributed by atoms with Crippen molar-refractivity contribution < 1.29 is 14.0 Å². The van der Waals surface area contributed by atoms with Crippen LogP contribution in [0.25, 0.3) is 0 Å². The number of ketones is 1. The lowest BCUT2D eigenvalue weighted by Gasteiger charge is -2.36. The van der Waals surface area contributed by atoms with Crippen LogP contribution < -0.4 is 5.32 Å². The third-order valence-electron chi connectivity index (χ3n) is 4.55. The Labute approximate surface area is 117 Å². The molecule has 0 saturated heterocycles. The van der Waals surface area contributed by atoms with Crippen LogP contribution in [0.1, 0.15) is 32.1 Å². The van der Waals surface area contributed by atoms with Crippen molar-refractivity contribution in [2.24, 2.45) is 17.8 Å². The van der Waals surface area contributed by atoms with E-state index in [1.807, 2.05) is 0 Å². The number of Topliss-reactive ketones (excluding diaryl/α,β-unsaturated/α-hetero) is 1. The van der Waals surface area contributed by atoms with E-state index in [1.165, 1.54) is 6.07 Å². The molecule has 2 bridgehead atoms. The van der Waals surface area contributed by atoms with Crippen LogP contribution in [-0.4, -0.2) is 11.7 Å². The van der Waals surface area contributed by atoms with Gasteiger partial charge in [0.2, 0.25) is 5.91 Å². The van der Waals surface area contributed by atoms with Gasteiger partial charge in [-0.05, 0) is 37.8 Å². The lowest BCUT2D eigenvalue weighted by Crippen LogP contribution is -2.40. The highest BCUT2D eigenvalue weighted by Crippen LogP contribution is 2.40. The maximum absolute atomic E-state index is 13.5. The quantitative estimate of drug-likeness (QED) is 0.901. The van der Waals surface area contributed by atoms with Crippen LogP contribution in [0.15, 0.2) is 24.3 Å². The van der Waals surface area contributed by atoms with Gasteiger partial charge in [0, 0.05) is 17.8 Å². The fraction of sp³-hybridized carbons (Fsp3) is 0.500. The number of hydrogen-bond acceptors (Lipinski definition) is 2. The highest BCUT2D eigenvalue weighted by molar-refractivity contribution is 5.95. The van der Waals surface area contributed by atoms with Crippen molar-refractivity contribution >= 4 is 17.4 Å². The molecule has 2 aliphatic carbocycles. The van der Waals surface area contributed by atoms with E-state index in [9.17, 15) is 14.0 Å². The minimum Gasteiger partial charge on any atom is -0.323 e. The average molecular weight is 275 g/mol. The molecule has 20 heavy (non-hydrogen) atoms. The second kappa shape index (κ2) is 5.35. The molecule has 1 amide bonds. The van der Waals surface area contributed by atoms with Gasteiger partial charge >= 0.3 is 0 Å². The van der Waals surface area contributed by atoms with E-state index in [0.29, 0.717) is 18.6 Å². The van der Waals surface area contributed by atoms with Gasteiger partial charge in [0.05, 0.1) is 5.69 Å². The molecule has 1 aromatic rings. The summed E-state index contributed by atoms with van der Waals surface area (Å²) in [4.78, 5) is 24.3. The summed E-state index contributed by atoms with van der Waals surface area (Å²) in [6.07, 6.45) is 4.13. The van der Waals surface area contributed by atoms with Crippen molar-refractivity contribution in [3.8, 4) is 0 Å². The first-order valence-corrected chi connectivity index (χ1v) is 7.24. The van der Waals surface area contributed by atoms with Gasteiger partial charge in [-0.15, -0.1) is 0 Å². The second-order valence-corrected chi connectivity index (χ2v) is 5.86. The summed E-state index contributed by atoms with van der Waals surface area (Å²) in [5.74, 6) is -0.320. The summed E-state index contributed by atoms with van der Waals surface area (Å²) >= 11 is 0. The summed E-state index contributed by atoms with van der Waals surface area (Å²) in [6.45, 7) is 0. The summed E-state index contributed by atoms with van der Waals surface area (Å²) in [5.41, 5.74) is 0.222. The Morgan fingerprint density at radius 1 is 1.15 bits per heavy atom. The van der Waals surface area contributed by atoms with Gasteiger partial charge in [0.25, 0.3) is 0 Å². The molecule has 2 fully saturated rings. The fourth-order valence-corrected chi connectivity index (χ4v) is 3.49. The molecule has 3 nitrogen and oxygen atoms in total. The van der Waals surface area contributed by atoms with Crippen molar-refractivity contribution in [2.45, 2.75) is 32.1 Å². The summed E-state index contributed by atoms with van der Waals surface area (Å²) < 4.78 is 13.5. The van der Waals surface area contributed by atoms with Crippen molar-refractivity contribution in [3.05, 3.63) is 30.1 Å². The second-order valence-electron chi connectivity index (χ2n) is 5.86. The largest absolute Gasteiger partial charge is 0.323 e. The summed E-state index contributed by atoms with van der Waals surface area (Å²) in [6, 6.07) is 6.17. The normalized spacial score (nSPS) is 29.1. The predicted octanol–water partition coefficient (Wildman–Crippen LogP) is 3.16. The Morgan fingerprint density at radius 3 is 2.45 bits per heavy atom. The topological polar surface area (TPSA) is 46.2 Å². The first-order chi connectivity index (χ1) is 9.65. The molecule has 3 rings (SSSR count). The van der Waals surface area contributed by atoms with Crippen LogP contribution in [-0.2, 0) is 9.59 Å². The van der Waals surface area contributed by atoms with Crippen molar-refractivity contribution in [1.82, 2.24) is 0 Å². The Kier molecular flexibility index (Phi) is 3.55. The van der Waals surface area contributed by atoms with Gasteiger partial charge in [-0.25, -0.2) is 4.39 Å². The molecule has 4 heteroatoms. The van der Waals surface area contributed by atoms with Crippen LogP contribution in [0.5, 0.6) is 0 Å². The number of carbonyl (C=O) groups is 2. The summed E-state index contributed by atoms with van der Waals surface area (Å²) in [5, 5.41) is 2.66. The Balaban J connectivity index is 1.69. The number of anilines is 1. The lowest BCUT2D eigenvalue weighted by molar-refractivity contribution is -0.136. The van der Waals surface area contributed by atoms with Crippen LogP contribution in [0.2, 0.25) is 0 Å². The van der Waals surface area contributed by atoms with Crippen molar-refractivity contribution in [2.75, 3.05) is 5.32 Å². The van der Waals surface area contributed by atoms with Gasteiger partial charge in [-0.1, -0.05) is 18.6 Å². The molecule has 2 atom stereocenters. The SMILES string of the molecule is O=C(Nc1ccccc1F)C1C[C@H]2CCC[C@H](C1)C2=O. The average Bonchev–Trinajstić information content (AvgIpc) is 2.41. The minimum absolute atomic E-state index is 0.0406. The van der Waals surface area contributed by atoms with Crippen LogP contribution in [0.3, 0.4) is 0 Å². The number of para-hydroxylation sites is 1. The molecule has 0 aliphatic heterocycles. The molecule has 0 heterocycles. The van der Waals surface area contributed by atoms with Crippen LogP contribution in [0, 0.1) is 23.6 Å². The van der Waals surface area contributed by atoms with Gasteiger partial charge < -0.3 is 5.32 Å². The van der Waals surface area contributed by atoms with Gasteiger partial charge in [0.15, 0.2) is 0 Å². The zero-order valence-corrected chi connectivity index (χ0v) is 11.3. The van der Waals surface area contributed by atoms with E-state index in [1.54, 1.807) is 18.2 Å². The highest BCUT2D eigenvalue weighted by Gasteiger charge is 2.41. The molecule has 1 N–H and O–H groups in total. The van der Waals surface area contributed by atoms with E-state index in [4.69, 9.17) is 0 Å². The molecule has 106 valence electrons. The monoisotopic (exact) mass is 275 g/mol. The number of rotatable bonds is 2. The summed E-state index contributed by atoms with van der Waals surface area (Å²) in [7, 11) is 0. The van der Waals surface area contributed by atoms with Gasteiger partial charge in [0.1, 0.15) is 11.6 Å². The molecule has 2 saturated carbocycles.